The SMILES string of the molecule is CC(=O)S[C@@H]1O[C@H](CO)[C@@H](O)[C@H](O)[C@@H]1O. The summed E-state index contributed by atoms with van der Waals surface area (Å²) in [6.45, 7) is 0.812. The van der Waals surface area contributed by atoms with Crippen molar-refractivity contribution in [1.29, 1.82) is 0 Å². The summed E-state index contributed by atoms with van der Waals surface area (Å²) in [6.07, 6.45) is -5.11. The Hall–Kier alpha value is -0.180. The molecular weight excluding hydrogens is 224 g/mol. The van der Waals surface area contributed by atoms with E-state index in [-0.39, 0.29) is 5.12 Å². The second-order valence-electron chi connectivity index (χ2n) is 3.31. The minimum absolute atomic E-state index is 0.278. The van der Waals surface area contributed by atoms with E-state index in [9.17, 15) is 20.1 Å². The molecule has 4 N–H and O–H groups in total. The lowest BCUT2D eigenvalue weighted by molar-refractivity contribution is -0.205. The zero-order valence-corrected chi connectivity index (χ0v) is 8.92. The van der Waals surface area contributed by atoms with Crippen LogP contribution in [0.1, 0.15) is 6.92 Å². The number of carbonyl (C=O) groups is 1. The first-order valence-electron chi connectivity index (χ1n) is 4.45. The molecule has 0 bridgehead atoms. The molecule has 0 radical (unpaired) electrons. The number of hydrogen-bond acceptors (Lipinski definition) is 7. The zero-order chi connectivity index (χ0) is 11.6. The quantitative estimate of drug-likeness (QED) is 0.443. The standard InChI is InChI=1S/C8H14O6S/c1-3(10)15-8-7(13)6(12)5(11)4(2-9)14-8/h4-9,11-13H,2H2,1H3/t4-,5-,6+,7+,8+/m1/s1. The topological polar surface area (TPSA) is 107 Å². The van der Waals surface area contributed by atoms with Gasteiger partial charge in [0.25, 0.3) is 0 Å². The maximum atomic E-state index is 10.8. The zero-order valence-electron chi connectivity index (χ0n) is 8.11. The van der Waals surface area contributed by atoms with Gasteiger partial charge in [0.2, 0.25) is 0 Å². The lowest BCUT2D eigenvalue weighted by Gasteiger charge is -2.39. The van der Waals surface area contributed by atoms with E-state index in [1.165, 1.54) is 6.92 Å². The summed E-state index contributed by atoms with van der Waals surface area (Å²) in [7, 11) is 0. The molecule has 1 fully saturated rings. The average Bonchev–Trinajstić information content (AvgIpc) is 2.18. The van der Waals surface area contributed by atoms with E-state index in [1.807, 2.05) is 0 Å². The van der Waals surface area contributed by atoms with E-state index in [1.54, 1.807) is 0 Å². The Morgan fingerprint density at radius 1 is 1.27 bits per heavy atom. The Morgan fingerprint density at radius 2 is 1.87 bits per heavy atom. The van der Waals surface area contributed by atoms with E-state index in [4.69, 9.17) is 9.84 Å². The molecule has 0 aromatic rings. The van der Waals surface area contributed by atoms with Gasteiger partial charge in [0.15, 0.2) is 5.12 Å². The van der Waals surface area contributed by atoms with Gasteiger partial charge in [0, 0.05) is 6.92 Å². The highest BCUT2D eigenvalue weighted by Gasteiger charge is 2.44. The number of rotatable bonds is 2. The van der Waals surface area contributed by atoms with E-state index in [0.717, 1.165) is 0 Å². The normalized spacial score (nSPS) is 41.5. The summed E-state index contributed by atoms with van der Waals surface area (Å²) in [5, 5.41) is 36.8. The Labute approximate surface area is 90.9 Å². The van der Waals surface area contributed by atoms with E-state index in [0.29, 0.717) is 11.8 Å². The molecule has 15 heavy (non-hydrogen) atoms. The molecule has 0 aromatic heterocycles. The van der Waals surface area contributed by atoms with Gasteiger partial charge in [-0.1, -0.05) is 11.8 Å². The second kappa shape index (κ2) is 5.24. The van der Waals surface area contributed by atoms with Crippen molar-refractivity contribution in [2.24, 2.45) is 0 Å². The van der Waals surface area contributed by atoms with Crippen LogP contribution in [0.3, 0.4) is 0 Å². The fraction of sp³-hybridized carbons (Fsp3) is 0.875. The lowest BCUT2D eigenvalue weighted by atomic mass is 10.0. The van der Waals surface area contributed by atoms with Crippen molar-refractivity contribution in [3.05, 3.63) is 0 Å². The number of aliphatic hydroxyl groups excluding tert-OH is 4. The van der Waals surface area contributed by atoms with Crippen LogP contribution in [0.2, 0.25) is 0 Å². The van der Waals surface area contributed by atoms with Crippen LogP contribution in [0, 0.1) is 0 Å². The van der Waals surface area contributed by atoms with Gasteiger partial charge < -0.3 is 25.2 Å². The van der Waals surface area contributed by atoms with Crippen LogP contribution in [0.4, 0.5) is 0 Å². The van der Waals surface area contributed by atoms with Gasteiger partial charge in [-0.05, 0) is 0 Å². The molecule has 1 aliphatic rings. The third kappa shape index (κ3) is 2.90. The molecule has 5 atom stereocenters. The van der Waals surface area contributed by atoms with Crippen LogP contribution in [0.25, 0.3) is 0 Å². The number of hydrogen-bond donors (Lipinski definition) is 4. The first kappa shape index (κ1) is 12.9. The monoisotopic (exact) mass is 238 g/mol. The minimum atomic E-state index is -1.42. The van der Waals surface area contributed by atoms with Crippen molar-refractivity contribution >= 4 is 16.9 Å². The number of carbonyl (C=O) groups excluding carboxylic acids is 1. The third-order valence-electron chi connectivity index (χ3n) is 2.13. The highest BCUT2D eigenvalue weighted by molar-refractivity contribution is 8.14. The van der Waals surface area contributed by atoms with Crippen LogP contribution in [-0.4, -0.2) is 62.0 Å². The van der Waals surface area contributed by atoms with Crippen LogP contribution in [0.5, 0.6) is 0 Å². The Morgan fingerprint density at radius 3 is 2.33 bits per heavy atom. The van der Waals surface area contributed by atoms with Crippen molar-refractivity contribution < 1.29 is 30.0 Å². The van der Waals surface area contributed by atoms with Gasteiger partial charge in [-0.25, -0.2) is 0 Å². The van der Waals surface area contributed by atoms with Gasteiger partial charge in [-0.3, -0.25) is 4.79 Å². The molecule has 0 spiro atoms. The summed E-state index contributed by atoms with van der Waals surface area (Å²) >= 11 is 0.715. The molecule has 1 rings (SSSR count). The molecule has 7 heteroatoms. The van der Waals surface area contributed by atoms with E-state index >= 15 is 0 Å². The lowest BCUT2D eigenvalue weighted by Crippen LogP contribution is -2.57. The van der Waals surface area contributed by atoms with Crippen molar-refractivity contribution in [1.82, 2.24) is 0 Å². The smallest absolute Gasteiger partial charge is 0.188 e. The summed E-state index contributed by atoms with van der Waals surface area (Å²) in [6, 6.07) is 0. The first-order chi connectivity index (χ1) is 6.97. The van der Waals surface area contributed by atoms with Crippen molar-refractivity contribution in [3.8, 4) is 0 Å². The fourth-order valence-electron chi connectivity index (χ4n) is 1.33. The Kier molecular flexibility index (Phi) is 4.50. The van der Waals surface area contributed by atoms with E-state index < -0.39 is 36.5 Å². The number of aliphatic hydroxyl groups is 4. The molecule has 1 saturated heterocycles. The molecule has 0 amide bonds. The average molecular weight is 238 g/mol. The molecule has 88 valence electrons. The Balaban J connectivity index is 2.69. The first-order valence-corrected chi connectivity index (χ1v) is 5.33. The van der Waals surface area contributed by atoms with Crippen molar-refractivity contribution in [2.45, 2.75) is 36.8 Å². The molecule has 0 saturated carbocycles. The van der Waals surface area contributed by atoms with Crippen LogP contribution in [0.15, 0.2) is 0 Å². The van der Waals surface area contributed by atoms with Gasteiger partial charge in [0.1, 0.15) is 29.9 Å². The predicted octanol–water partition coefficient (Wildman–Crippen LogP) is -1.93. The number of ether oxygens (including phenoxy) is 1. The van der Waals surface area contributed by atoms with Crippen molar-refractivity contribution in [2.75, 3.05) is 6.61 Å². The molecule has 0 aliphatic carbocycles. The molecular formula is C8H14O6S. The van der Waals surface area contributed by atoms with Crippen LogP contribution in [-0.2, 0) is 9.53 Å². The second-order valence-corrected chi connectivity index (χ2v) is 4.58. The van der Waals surface area contributed by atoms with Gasteiger partial charge in [-0.2, -0.15) is 0 Å². The highest BCUT2D eigenvalue weighted by Crippen LogP contribution is 2.28. The van der Waals surface area contributed by atoms with Gasteiger partial charge >= 0.3 is 0 Å². The molecule has 1 heterocycles. The minimum Gasteiger partial charge on any atom is -0.394 e. The van der Waals surface area contributed by atoms with Crippen LogP contribution >= 0.6 is 11.8 Å². The van der Waals surface area contributed by atoms with Gasteiger partial charge in [-0.15, -0.1) is 0 Å². The number of thioether (sulfide) groups is 1. The van der Waals surface area contributed by atoms with Gasteiger partial charge in [0.05, 0.1) is 6.61 Å². The predicted molar refractivity (Wildman–Crippen MR) is 52.0 cm³/mol. The molecule has 0 aromatic carbocycles. The highest BCUT2D eigenvalue weighted by atomic mass is 32.2. The molecule has 0 unspecified atom stereocenters. The van der Waals surface area contributed by atoms with Crippen molar-refractivity contribution in [3.63, 3.8) is 0 Å². The third-order valence-corrected chi connectivity index (χ3v) is 3.08. The summed E-state index contributed by atoms with van der Waals surface area (Å²) in [5.74, 6) is 0. The Bertz CT molecular complexity index is 233. The summed E-state index contributed by atoms with van der Waals surface area (Å²) in [4.78, 5) is 10.8. The molecule has 6 nitrogen and oxygen atoms in total. The largest absolute Gasteiger partial charge is 0.394 e. The maximum absolute atomic E-state index is 10.8. The summed E-state index contributed by atoms with van der Waals surface area (Å²) < 4.78 is 5.07. The van der Waals surface area contributed by atoms with E-state index in [2.05, 4.69) is 0 Å². The maximum Gasteiger partial charge on any atom is 0.188 e. The fourth-order valence-corrected chi connectivity index (χ4v) is 2.15. The van der Waals surface area contributed by atoms with Crippen LogP contribution < -0.4 is 0 Å². The molecule has 1 aliphatic heterocycles. The summed E-state index contributed by atoms with van der Waals surface area (Å²) in [5.41, 5.74) is -0.960.